The normalized spacial score (nSPS) is 19.8. The van der Waals surface area contributed by atoms with Gasteiger partial charge < -0.3 is 4.57 Å². The third-order valence-electron chi connectivity index (χ3n) is 5.68. The first-order chi connectivity index (χ1) is 14.2. The summed E-state index contributed by atoms with van der Waals surface area (Å²) in [4.78, 5) is 17.1. The van der Waals surface area contributed by atoms with Gasteiger partial charge in [0.15, 0.2) is 0 Å². The molecule has 1 heterocycles. The Morgan fingerprint density at radius 2 is 1.83 bits per heavy atom. The smallest absolute Gasteiger partial charge is 0.307 e. The van der Waals surface area contributed by atoms with E-state index in [1.54, 1.807) is 6.07 Å². The van der Waals surface area contributed by atoms with Crippen LogP contribution in [0.15, 0.2) is 42.5 Å². The molecule has 0 unspecified atom stereocenters. The van der Waals surface area contributed by atoms with Crippen molar-refractivity contribution in [3.8, 4) is 0 Å². The highest BCUT2D eigenvalue weighted by molar-refractivity contribution is 6.04. The molecule has 0 bridgehead atoms. The number of carbonyl (C=O) groups excluding carboxylic acids is 1. The Balaban J connectivity index is 1.70. The second-order valence-electron chi connectivity index (χ2n) is 7.88. The maximum Gasteiger partial charge on any atom is 0.416 e. The molecule has 1 aliphatic rings. The first-order valence-corrected chi connectivity index (χ1v) is 9.88. The molecule has 1 saturated carbocycles. The number of fused-ring (bicyclic) bond motifs is 1. The molecule has 1 N–H and O–H groups in total. The number of rotatable bonds is 3. The molecule has 2 aromatic carbocycles. The predicted molar refractivity (Wildman–Crippen MR) is 106 cm³/mol. The van der Waals surface area contributed by atoms with Crippen molar-refractivity contribution in [1.29, 1.82) is 0 Å². The summed E-state index contributed by atoms with van der Waals surface area (Å²) >= 11 is 0. The standard InChI is InChI=1S/C22H21F4N3O/c1-13-5-8-17(9-6-13)29-19-10-7-16(23)12-18(19)27-21(29)28-20(30)14-3-2-4-15(11-14)22(24,25)26/h2-4,7,10-13,17H,5-6,8-9H2,1H3,(H,27,28,30). The molecular formula is C22H21F4N3O. The van der Waals surface area contributed by atoms with Crippen molar-refractivity contribution in [3.63, 3.8) is 0 Å². The first kappa shape index (κ1) is 20.4. The molecule has 3 aromatic rings. The fourth-order valence-electron chi connectivity index (χ4n) is 4.04. The van der Waals surface area contributed by atoms with Gasteiger partial charge in [-0.3, -0.25) is 10.1 Å². The van der Waals surface area contributed by atoms with E-state index in [1.165, 1.54) is 24.3 Å². The summed E-state index contributed by atoms with van der Waals surface area (Å²) in [6, 6.07) is 8.56. The number of amides is 1. The van der Waals surface area contributed by atoms with E-state index in [0.717, 1.165) is 37.8 Å². The summed E-state index contributed by atoms with van der Waals surface area (Å²) in [5.74, 6) is -0.309. The summed E-state index contributed by atoms with van der Waals surface area (Å²) in [5.41, 5.74) is 0.0714. The Kier molecular flexibility index (Phi) is 5.26. The van der Waals surface area contributed by atoms with Crippen LogP contribution in [0.1, 0.15) is 54.6 Å². The number of aromatic nitrogens is 2. The molecule has 4 rings (SSSR count). The highest BCUT2D eigenvalue weighted by Crippen LogP contribution is 2.37. The van der Waals surface area contributed by atoms with Crippen molar-refractivity contribution in [2.75, 3.05) is 5.32 Å². The number of alkyl halides is 3. The lowest BCUT2D eigenvalue weighted by molar-refractivity contribution is -0.137. The Hall–Kier alpha value is -2.90. The van der Waals surface area contributed by atoms with Gasteiger partial charge >= 0.3 is 6.18 Å². The monoisotopic (exact) mass is 419 g/mol. The molecule has 0 saturated heterocycles. The van der Waals surface area contributed by atoms with Gasteiger partial charge in [-0.05, 0) is 61.9 Å². The Morgan fingerprint density at radius 3 is 2.53 bits per heavy atom. The summed E-state index contributed by atoms with van der Waals surface area (Å²) in [6.07, 6.45) is -0.730. The van der Waals surface area contributed by atoms with Crippen LogP contribution in [0.4, 0.5) is 23.5 Å². The molecule has 0 aliphatic heterocycles. The van der Waals surface area contributed by atoms with E-state index in [0.29, 0.717) is 17.0 Å². The maximum atomic E-state index is 13.7. The summed E-state index contributed by atoms with van der Waals surface area (Å²) in [6.45, 7) is 2.19. The molecule has 0 spiro atoms. The highest BCUT2D eigenvalue weighted by Gasteiger charge is 2.31. The van der Waals surface area contributed by atoms with E-state index in [4.69, 9.17) is 0 Å². The van der Waals surface area contributed by atoms with Crippen LogP contribution in [0.5, 0.6) is 0 Å². The van der Waals surface area contributed by atoms with Gasteiger partial charge in [-0.15, -0.1) is 0 Å². The lowest BCUT2D eigenvalue weighted by Crippen LogP contribution is -2.21. The van der Waals surface area contributed by atoms with E-state index in [1.807, 2.05) is 4.57 Å². The second kappa shape index (κ2) is 7.74. The van der Waals surface area contributed by atoms with Crippen molar-refractivity contribution in [2.45, 2.75) is 44.8 Å². The topological polar surface area (TPSA) is 46.9 Å². The average Bonchev–Trinajstić information content (AvgIpc) is 3.05. The van der Waals surface area contributed by atoms with Gasteiger partial charge in [0.2, 0.25) is 5.95 Å². The van der Waals surface area contributed by atoms with Crippen LogP contribution >= 0.6 is 0 Å². The van der Waals surface area contributed by atoms with E-state index >= 15 is 0 Å². The number of imidazole rings is 1. The quantitative estimate of drug-likeness (QED) is 0.514. The molecule has 8 heteroatoms. The van der Waals surface area contributed by atoms with Crippen molar-refractivity contribution < 1.29 is 22.4 Å². The number of anilines is 1. The van der Waals surface area contributed by atoms with Gasteiger partial charge in [0.1, 0.15) is 5.82 Å². The summed E-state index contributed by atoms with van der Waals surface area (Å²) in [7, 11) is 0. The number of hydrogen-bond donors (Lipinski definition) is 1. The predicted octanol–water partition coefficient (Wildman–Crippen LogP) is 6.20. The van der Waals surface area contributed by atoms with Crippen LogP contribution in [0.25, 0.3) is 11.0 Å². The van der Waals surface area contributed by atoms with Crippen molar-refractivity contribution in [3.05, 3.63) is 59.4 Å². The molecule has 1 aromatic heterocycles. The van der Waals surface area contributed by atoms with Crippen LogP contribution in [0, 0.1) is 11.7 Å². The zero-order valence-electron chi connectivity index (χ0n) is 16.3. The average molecular weight is 419 g/mol. The lowest BCUT2D eigenvalue weighted by atomic mass is 9.87. The van der Waals surface area contributed by atoms with Gasteiger partial charge in [-0.25, -0.2) is 9.37 Å². The molecule has 30 heavy (non-hydrogen) atoms. The van der Waals surface area contributed by atoms with E-state index < -0.39 is 23.5 Å². The first-order valence-electron chi connectivity index (χ1n) is 9.88. The molecule has 0 atom stereocenters. The summed E-state index contributed by atoms with van der Waals surface area (Å²) < 4.78 is 54.6. The Morgan fingerprint density at radius 1 is 1.10 bits per heavy atom. The van der Waals surface area contributed by atoms with Crippen molar-refractivity contribution >= 4 is 22.9 Å². The zero-order valence-corrected chi connectivity index (χ0v) is 16.3. The fraction of sp³-hybridized carbons (Fsp3) is 0.364. The largest absolute Gasteiger partial charge is 0.416 e. The Bertz CT molecular complexity index is 1080. The van der Waals surface area contributed by atoms with Gasteiger partial charge in [0, 0.05) is 17.7 Å². The van der Waals surface area contributed by atoms with Crippen molar-refractivity contribution in [1.82, 2.24) is 9.55 Å². The van der Waals surface area contributed by atoms with Crippen LogP contribution in [0.3, 0.4) is 0 Å². The van der Waals surface area contributed by atoms with Gasteiger partial charge in [0.25, 0.3) is 5.91 Å². The number of nitrogens with one attached hydrogen (secondary N) is 1. The number of carbonyl (C=O) groups is 1. The van der Waals surface area contributed by atoms with Crippen LogP contribution in [0.2, 0.25) is 0 Å². The minimum Gasteiger partial charge on any atom is -0.307 e. The van der Waals surface area contributed by atoms with E-state index in [9.17, 15) is 22.4 Å². The van der Waals surface area contributed by atoms with Gasteiger partial charge in [-0.1, -0.05) is 13.0 Å². The minimum atomic E-state index is -4.54. The van der Waals surface area contributed by atoms with Crippen molar-refractivity contribution in [2.24, 2.45) is 5.92 Å². The molecule has 0 radical (unpaired) electrons. The minimum absolute atomic E-state index is 0.0773. The lowest BCUT2D eigenvalue weighted by Gasteiger charge is -2.29. The number of nitrogens with zero attached hydrogens (tertiary/aromatic N) is 2. The number of halogens is 4. The SMILES string of the molecule is CC1CCC(n2c(NC(=O)c3cccc(C(F)(F)F)c3)nc3cc(F)ccc32)CC1. The van der Waals surface area contributed by atoms with E-state index in [-0.39, 0.29) is 17.6 Å². The summed E-state index contributed by atoms with van der Waals surface area (Å²) in [5, 5.41) is 2.65. The van der Waals surface area contributed by atoms with E-state index in [2.05, 4.69) is 17.2 Å². The van der Waals surface area contributed by atoms with Crippen LogP contribution in [-0.4, -0.2) is 15.5 Å². The fourth-order valence-corrected chi connectivity index (χ4v) is 4.04. The molecule has 158 valence electrons. The molecule has 1 aliphatic carbocycles. The van der Waals surface area contributed by atoms with Crippen LogP contribution < -0.4 is 5.32 Å². The third-order valence-corrected chi connectivity index (χ3v) is 5.68. The van der Waals surface area contributed by atoms with Gasteiger partial charge in [-0.2, -0.15) is 13.2 Å². The molecule has 1 fully saturated rings. The highest BCUT2D eigenvalue weighted by atomic mass is 19.4. The third kappa shape index (κ3) is 4.04. The second-order valence-corrected chi connectivity index (χ2v) is 7.88. The van der Waals surface area contributed by atoms with Gasteiger partial charge in [0.05, 0.1) is 16.6 Å². The van der Waals surface area contributed by atoms with Crippen LogP contribution in [-0.2, 0) is 6.18 Å². The number of hydrogen-bond acceptors (Lipinski definition) is 2. The number of benzene rings is 2. The Labute approximate surface area is 170 Å². The maximum absolute atomic E-state index is 13.7. The molecule has 4 nitrogen and oxygen atoms in total. The zero-order chi connectivity index (χ0) is 21.5. The molecular weight excluding hydrogens is 398 g/mol. The molecule has 1 amide bonds.